The van der Waals surface area contributed by atoms with Crippen LogP contribution in [0.3, 0.4) is 0 Å². The van der Waals surface area contributed by atoms with Crippen LogP contribution in [0.15, 0.2) is 66.7 Å². The number of nitrogens with zero attached hydrogens (tertiary/aromatic N) is 4. The molecule has 196 valence electrons. The van der Waals surface area contributed by atoms with Crippen molar-refractivity contribution < 1.29 is 4.79 Å². The standard InChI is InChI=1S/C32H37N5O/c1-23-19-24(2)30(34-27-13-15-35(16-14-27)31-12-8-7-9-26(31)21-33)20-29(23)32(38)36-17-18-37(25(3)22-36)28-10-5-4-6-11-28/h4-12,19-20,25,27,34H,13-18,22H2,1-3H3/t25-/m1/s1. The van der Waals surface area contributed by atoms with Gasteiger partial charge in [-0.3, -0.25) is 4.79 Å². The lowest BCUT2D eigenvalue weighted by molar-refractivity contribution is 0.0725. The van der Waals surface area contributed by atoms with Crippen LogP contribution >= 0.6 is 0 Å². The van der Waals surface area contributed by atoms with Crippen molar-refractivity contribution in [3.05, 3.63) is 89.0 Å². The molecule has 0 saturated carbocycles. The molecule has 0 bridgehead atoms. The summed E-state index contributed by atoms with van der Waals surface area (Å²) < 4.78 is 0. The summed E-state index contributed by atoms with van der Waals surface area (Å²) in [6, 6.07) is 25.4. The number of carbonyl (C=O) groups excluding carboxylic acids is 1. The van der Waals surface area contributed by atoms with Gasteiger partial charge < -0.3 is 20.0 Å². The highest BCUT2D eigenvalue weighted by atomic mass is 16.2. The number of aryl methyl sites for hydroxylation is 2. The predicted molar refractivity (Wildman–Crippen MR) is 155 cm³/mol. The van der Waals surface area contributed by atoms with Crippen LogP contribution in [0.1, 0.15) is 46.8 Å². The lowest BCUT2D eigenvalue weighted by Crippen LogP contribution is -2.53. The first-order chi connectivity index (χ1) is 18.4. The molecule has 1 N–H and O–H groups in total. The van der Waals surface area contributed by atoms with Crippen LogP contribution in [-0.2, 0) is 0 Å². The first-order valence-electron chi connectivity index (χ1n) is 13.7. The third kappa shape index (κ3) is 5.33. The summed E-state index contributed by atoms with van der Waals surface area (Å²) in [5, 5.41) is 13.2. The largest absolute Gasteiger partial charge is 0.382 e. The maximum atomic E-state index is 13.7. The Bertz CT molecular complexity index is 1320. The van der Waals surface area contributed by atoms with Crippen LogP contribution in [0.25, 0.3) is 0 Å². The molecule has 3 aromatic carbocycles. The van der Waals surface area contributed by atoms with Crippen LogP contribution in [0.4, 0.5) is 17.1 Å². The first-order valence-corrected chi connectivity index (χ1v) is 13.7. The molecule has 0 spiro atoms. The second-order valence-corrected chi connectivity index (χ2v) is 10.6. The Morgan fingerprint density at radius 2 is 1.63 bits per heavy atom. The Hall–Kier alpha value is -3.98. The van der Waals surface area contributed by atoms with Crippen LogP contribution in [0.5, 0.6) is 0 Å². The van der Waals surface area contributed by atoms with Gasteiger partial charge in [0.25, 0.3) is 5.91 Å². The zero-order chi connectivity index (χ0) is 26.6. The van der Waals surface area contributed by atoms with E-state index in [1.54, 1.807) is 0 Å². The van der Waals surface area contributed by atoms with Gasteiger partial charge in [-0.25, -0.2) is 0 Å². The summed E-state index contributed by atoms with van der Waals surface area (Å²) >= 11 is 0. The number of piperidine rings is 1. The number of nitrogens with one attached hydrogen (secondary N) is 1. The van der Waals surface area contributed by atoms with Gasteiger partial charge in [-0.2, -0.15) is 5.26 Å². The topological polar surface area (TPSA) is 62.6 Å². The Kier molecular flexibility index (Phi) is 7.55. The van der Waals surface area contributed by atoms with Crippen molar-refractivity contribution >= 4 is 23.0 Å². The zero-order valence-corrected chi connectivity index (χ0v) is 22.7. The molecular weight excluding hydrogens is 470 g/mol. The number of anilines is 3. The number of benzene rings is 3. The summed E-state index contributed by atoms with van der Waals surface area (Å²) in [6.07, 6.45) is 1.96. The van der Waals surface area contributed by atoms with Crippen molar-refractivity contribution in [2.75, 3.05) is 47.8 Å². The van der Waals surface area contributed by atoms with Crippen LogP contribution < -0.4 is 15.1 Å². The van der Waals surface area contributed by atoms with Gasteiger partial charge >= 0.3 is 0 Å². The van der Waals surface area contributed by atoms with Gasteiger partial charge in [0.05, 0.1) is 11.3 Å². The van der Waals surface area contributed by atoms with E-state index in [0.29, 0.717) is 12.6 Å². The average Bonchev–Trinajstić information content (AvgIpc) is 2.95. The van der Waals surface area contributed by atoms with E-state index in [-0.39, 0.29) is 11.9 Å². The average molecular weight is 508 g/mol. The van der Waals surface area contributed by atoms with E-state index in [9.17, 15) is 10.1 Å². The molecule has 2 saturated heterocycles. The molecule has 0 aliphatic carbocycles. The van der Waals surface area contributed by atoms with Crippen molar-refractivity contribution in [1.82, 2.24) is 4.90 Å². The SMILES string of the molecule is Cc1cc(C)c(C(=O)N2CCN(c3ccccc3)[C@H](C)C2)cc1NC1CCN(c2ccccc2C#N)CC1. The van der Waals surface area contributed by atoms with E-state index in [1.165, 1.54) is 11.3 Å². The number of carbonyl (C=O) groups is 1. The summed E-state index contributed by atoms with van der Waals surface area (Å²) in [5.41, 5.74) is 7.00. The molecule has 1 amide bonds. The Morgan fingerprint density at radius 1 is 0.921 bits per heavy atom. The van der Waals surface area contributed by atoms with Crippen molar-refractivity contribution in [1.29, 1.82) is 5.26 Å². The molecule has 0 unspecified atom stereocenters. The van der Waals surface area contributed by atoms with Gasteiger partial charge in [0.2, 0.25) is 0 Å². The highest BCUT2D eigenvalue weighted by molar-refractivity contribution is 5.97. The lowest BCUT2D eigenvalue weighted by Gasteiger charge is -2.41. The highest BCUT2D eigenvalue weighted by Gasteiger charge is 2.29. The number of para-hydroxylation sites is 2. The smallest absolute Gasteiger partial charge is 0.254 e. The molecule has 6 heteroatoms. The quantitative estimate of drug-likeness (QED) is 0.487. The number of nitriles is 1. The number of amides is 1. The molecular formula is C32H37N5O. The Morgan fingerprint density at radius 3 is 2.34 bits per heavy atom. The monoisotopic (exact) mass is 507 g/mol. The van der Waals surface area contributed by atoms with Crippen molar-refractivity contribution in [3.63, 3.8) is 0 Å². The van der Waals surface area contributed by atoms with Crippen LogP contribution in [0, 0.1) is 25.2 Å². The van der Waals surface area contributed by atoms with E-state index in [2.05, 4.69) is 71.4 Å². The Labute approximate surface area is 226 Å². The van der Waals surface area contributed by atoms with Gasteiger partial charge in [0.1, 0.15) is 6.07 Å². The molecule has 0 aromatic heterocycles. The first kappa shape index (κ1) is 25.7. The molecule has 3 aromatic rings. The minimum Gasteiger partial charge on any atom is -0.382 e. The third-order valence-electron chi connectivity index (χ3n) is 8.02. The molecule has 38 heavy (non-hydrogen) atoms. The predicted octanol–water partition coefficient (Wildman–Crippen LogP) is 5.61. The number of piperazine rings is 1. The fourth-order valence-corrected chi connectivity index (χ4v) is 5.88. The van der Waals surface area contributed by atoms with Crippen molar-refractivity contribution in [2.24, 2.45) is 0 Å². The van der Waals surface area contributed by atoms with Crippen molar-refractivity contribution in [3.8, 4) is 6.07 Å². The number of hydrogen-bond donors (Lipinski definition) is 1. The molecule has 2 fully saturated rings. The maximum absolute atomic E-state index is 13.7. The molecule has 2 heterocycles. The second-order valence-electron chi connectivity index (χ2n) is 10.6. The highest BCUT2D eigenvalue weighted by Crippen LogP contribution is 2.28. The van der Waals surface area contributed by atoms with Crippen LogP contribution in [-0.4, -0.2) is 55.6 Å². The maximum Gasteiger partial charge on any atom is 0.254 e. The summed E-state index contributed by atoms with van der Waals surface area (Å²) in [5.74, 6) is 0.119. The molecule has 2 aliphatic heterocycles. The van der Waals surface area contributed by atoms with Gasteiger partial charge in [0.15, 0.2) is 0 Å². The van der Waals surface area contributed by atoms with Gasteiger partial charge in [-0.1, -0.05) is 36.4 Å². The molecule has 1 atom stereocenters. The van der Waals surface area contributed by atoms with E-state index in [4.69, 9.17) is 0 Å². The van der Waals surface area contributed by atoms with Gasteiger partial charge in [-0.15, -0.1) is 0 Å². The van der Waals surface area contributed by atoms with E-state index in [1.807, 2.05) is 42.2 Å². The minimum absolute atomic E-state index is 0.119. The fourth-order valence-electron chi connectivity index (χ4n) is 5.88. The van der Waals surface area contributed by atoms with E-state index < -0.39 is 0 Å². The van der Waals surface area contributed by atoms with Gasteiger partial charge in [-0.05, 0) is 75.1 Å². The normalized spacial score (nSPS) is 18.3. The number of rotatable bonds is 5. The molecule has 2 aliphatic rings. The molecule has 6 nitrogen and oxygen atoms in total. The van der Waals surface area contributed by atoms with Gasteiger partial charge in [0, 0.05) is 61.7 Å². The second kappa shape index (κ2) is 11.2. The van der Waals surface area contributed by atoms with Crippen molar-refractivity contribution in [2.45, 2.75) is 45.7 Å². The minimum atomic E-state index is 0.119. The summed E-state index contributed by atoms with van der Waals surface area (Å²) in [6.45, 7) is 10.4. The summed E-state index contributed by atoms with van der Waals surface area (Å²) in [7, 11) is 0. The third-order valence-corrected chi connectivity index (χ3v) is 8.02. The molecule has 0 radical (unpaired) electrons. The molecule has 5 rings (SSSR count). The van der Waals surface area contributed by atoms with Crippen LogP contribution in [0.2, 0.25) is 0 Å². The number of hydrogen-bond acceptors (Lipinski definition) is 5. The lowest BCUT2D eigenvalue weighted by atomic mass is 9.99. The van der Waals surface area contributed by atoms with E-state index in [0.717, 1.165) is 67.1 Å². The zero-order valence-electron chi connectivity index (χ0n) is 22.7. The van der Waals surface area contributed by atoms with E-state index >= 15 is 0 Å². The Balaban J connectivity index is 1.24. The summed E-state index contributed by atoms with van der Waals surface area (Å²) in [4.78, 5) is 20.4. The fraction of sp³-hybridized carbons (Fsp3) is 0.375.